The Hall–Kier alpha value is -2.61. The highest BCUT2D eigenvalue weighted by Crippen LogP contribution is 2.38. The van der Waals surface area contributed by atoms with Crippen LogP contribution in [0.3, 0.4) is 0 Å². The summed E-state index contributed by atoms with van der Waals surface area (Å²) in [6.07, 6.45) is 0.776. The zero-order valence-corrected chi connectivity index (χ0v) is 15.6. The molecule has 3 rings (SSSR count). The molecular weight excluding hydrogens is 379 g/mol. The van der Waals surface area contributed by atoms with Gasteiger partial charge in [-0.3, -0.25) is 0 Å². The van der Waals surface area contributed by atoms with Gasteiger partial charge in [-0.25, -0.2) is 21.6 Å². The molecule has 3 aromatic rings. The summed E-state index contributed by atoms with van der Waals surface area (Å²) < 4.78 is 70.6. The van der Waals surface area contributed by atoms with E-state index in [1.54, 1.807) is 12.1 Å². The molecule has 1 aromatic heterocycles. The average Bonchev–Trinajstić information content (AvgIpc) is 2.99. The third kappa shape index (κ3) is 3.49. The fourth-order valence-corrected chi connectivity index (χ4v) is 3.74. The minimum Gasteiger partial charge on any atom is -0.357 e. The van der Waals surface area contributed by atoms with Crippen molar-refractivity contribution < 1.29 is 26.1 Å². The van der Waals surface area contributed by atoms with Gasteiger partial charge in [0, 0.05) is 17.4 Å². The van der Waals surface area contributed by atoms with Crippen molar-refractivity contribution in [3.63, 3.8) is 0 Å². The Kier molecular flexibility index (Phi) is 4.86. The van der Waals surface area contributed by atoms with E-state index in [0.29, 0.717) is 5.56 Å². The second-order valence-corrected chi connectivity index (χ2v) is 8.33. The van der Waals surface area contributed by atoms with Gasteiger partial charge in [-0.1, -0.05) is 22.3 Å². The van der Waals surface area contributed by atoms with Gasteiger partial charge in [-0.2, -0.15) is 0 Å². The van der Waals surface area contributed by atoms with Crippen LogP contribution in [0.15, 0.2) is 39.8 Å². The summed E-state index contributed by atoms with van der Waals surface area (Å²) in [5, 5.41) is 3.84. The predicted molar refractivity (Wildman–Crippen MR) is 94.7 cm³/mol. The number of aromatic nitrogens is 1. The van der Waals surface area contributed by atoms with Crippen molar-refractivity contribution in [1.29, 1.82) is 0 Å². The molecule has 0 saturated heterocycles. The van der Waals surface area contributed by atoms with Gasteiger partial charge >= 0.3 is 0 Å². The molecule has 0 amide bonds. The maximum atomic E-state index is 14.7. The molecule has 0 atom stereocenters. The first-order valence-electron chi connectivity index (χ1n) is 7.95. The summed E-state index contributed by atoms with van der Waals surface area (Å²) in [4.78, 5) is -0.769. The minimum absolute atomic E-state index is 0.0426. The summed E-state index contributed by atoms with van der Waals surface area (Å²) in [7, 11) is -3.96. The number of alkyl halides is 1. The molecule has 0 N–H and O–H groups in total. The number of hydrogen-bond acceptors (Lipinski definition) is 4. The normalized spacial score (nSPS) is 11.8. The van der Waals surface area contributed by atoms with Gasteiger partial charge in [0.15, 0.2) is 33.9 Å². The fraction of sp³-hybridized carbons (Fsp3) is 0.211. The third-order valence-electron chi connectivity index (χ3n) is 4.09. The lowest BCUT2D eigenvalue weighted by Gasteiger charge is -2.09. The largest absolute Gasteiger partial charge is 0.357 e. The van der Waals surface area contributed by atoms with Crippen LogP contribution in [0.2, 0.25) is 0 Å². The minimum atomic E-state index is -3.96. The molecule has 0 aliphatic heterocycles. The first-order chi connectivity index (χ1) is 12.6. The molecule has 0 aliphatic rings. The molecule has 0 fully saturated rings. The van der Waals surface area contributed by atoms with Crippen LogP contribution in [0.25, 0.3) is 22.4 Å². The van der Waals surface area contributed by atoms with Gasteiger partial charge in [-0.05, 0) is 38.1 Å². The number of benzene rings is 2. The molecule has 0 saturated carbocycles. The van der Waals surface area contributed by atoms with E-state index in [1.165, 1.54) is 0 Å². The topological polar surface area (TPSA) is 60.2 Å². The molecule has 2 aromatic carbocycles. The average molecular weight is 395 g/mol. The lowest BCUT2D eigenvalue weighted by molar-refractivity contribution is 0.332. The fourth-order valence-electron chi connectivity index (χ4n) is 3.01. The van der Waals surface area contributed by atoms with E-state index in [4.69, 9.17) is 4.52 Å². The van der Waals surface area contributed by atoms with Crippen LogP contribution in [-0.2, 0) is 16.5 Å². The highest BCUT2D eigenvalue weighted by Gasteiger charge is 2.27. The Bertz CT molecular complexity index is 1120. The van der Waals surface area contributed by atoms with Crippen LogP contribution in [0, 0.1) is 25.5 Å². The summed E-state index contributed by atoms with van der Waals surface area (Å²) in [5.74, 6) is -3.19. The Morgan fingerprint density at radius 2 is 1.67 bits per heavy atom. The number of hydrogen-bond donors (Lipinski definition) is 0. The van der Waals surface area contributed by atoms with Crippen molar-refractivity contribution in [2.24, 2.45) is 0 Å². The van der Waals surface area contributed by atoms with Gasteiger partial charge in [0.25, 0.3) is 0 Å². The van der Waals surface area contributed by atoms with E-state index in [-0.39, 0.29) is 22.6 Å². The van der Waals surface area contributed by atoms with Gasteiger partial charge in [0.1, 0.15) is 10.6 Å². The molecule has 142 valence electrons. The number of aryl methyl sites for hydroxylation is 2. The van der Waals surface area contributed by atoms with Gasteiger partial charge in [-0.15, -0.1) is 0 Å². The van der Waals surface area contributed by atoms with Crippen LogP contribution in [0.1, 0.15) is 16.9 Å². The van der Waals surface area contributed by atoms with E-state index in [2.05, 4.69) is 5.16 Å². The summed E-state index contributed by atoms with van der Waals surface area (Å²) in [6.45, 7) is 2.63. The first-order valence-corrected chi connectivity index (χ1v) is 9.84. The van der Waals surface area contributed by atoms with E-state index in [1.807, 2.05) is 19.9 Å². The lowest BCUT2D eigenvalue weighted by atomic mass is 9.96. The Morgan fingerprint density at radius 1 is 1.04 bits per heavy atom. The third-order valence-corrected chi connectivity index (χ3v) is 5.21. The van der Waals surface area contributed by atoms with Crippen molar-refractivity contribution in [2.75, 3.05) is 6.26 Å². The molecule has 4 nitrogen and oxygen atoms in total. The second-order valence-electron chi connectivity index (χ2n) is 6.35. The highest BCUT2D eigenvalue weighted by molar-refractivity contribution is 7.90. The quantitative estimate of drug-likeness (QED) is 0.638. The molecule has 8 heteroatoms. The molecule has 0 bridgehead atoms. The van der Waals surface area contributed by atoms with Crippen molar-refractivity contribution in [1.82, 2.24) is 5.16 Å². The van der Waals surface area contributed by atoms with Crippen LogP contribution >= 0.6 is 0 Å². The summed E-state index contributed by atoms with van der Waals surface area (Å²) >= 11 is 0. The number of nitrogens with zero attached hydrogens (tertiary/aromatic N) is 1. The number of rotatable bonds is 4. The SMILES string of the molecule is Cc1cc(C)cc(-c2noc(CF)c2-c2ccc(S(C)(=O)=O)c(F)c2F)c1. The second kappa shape index (κ2) is 6.84. The van der Waals surface area contributed by atoms with Crippen molar-refractivity contribution in [3.8, 4) is 22.4 Å². The molecule has 0 unspecified atom stereocenters. The maximum absolute atomic E-state index is 14.7. The molecule has 27 heavy (non-hydrogen) atoms. The van der Waals surface area contributed by atoms with E-state index >= 15 is 0 Å². The zero-order valence-electron chi connectivity index (χ0n) is 14.8. The number of sulfone groups is 1. The Labute approximate surface area is 154 Å². The van der Waals surface area contributed by atoms with Gasteiger partial charge in [0.05, 0.1) is 5.56 Å². The number of halogens is 3. The highest BCUT2D eigenvalue weighted by atomic mass is 32.2. The van der Waals surface area contributed by atoms with Crippen LogP contribution < -0.4 is 0 Å². The Morgan fingerprint density at radius 3 is 2.22 bits per heavy atom. The predicted octanol–water partition coefficient (Wildman–Crippen LogP) is 4.78. The van der Waals surface area contributed by atoms with Crippen molar-refractivity contribution >= 4 is 9.84 Å². The smallest absolute Gasteiger partial charge is 0.178 e. The van der Waals surface area contributed by atoms with Crippen LogP contribution in [-0.4, -0.2) is 19.8 Å². The molecule has 0 spiro atoms. The first kappa shape index (κ1) is 19.2. The summed E-state index contributed by atoms with van der Waals surface area (Å²) in [5.41, 5.74) is 2.15. The zero-order chi connectivity index (χ0) is 19.9. The Balaban J connectivity index is 2.30. The van der Waals surface area contributed by atoms with Crippen LogP contribution in [0.4, 0.5) is 13.2 Å². The van der Waals surface area contributed by atoms with Crippen molar-refractivity contribution in [3.05, 3.63) is 58.9 Å². The van der Waals surface area contributed by atoms with Gasteiger partial charge in [0.2, 0.25) is 0 Å². The van der Waals surface area contributed by atoms with E-state index in [9.17, 15) is 21.6 Å². The molecule has 1 heterocycles. The summed E-state index contributed by atoms with van der Waals surface area (Å²) in [6, 6.07) is 7.47. The molecular formula is C19H16F3NO3S. The molecule has 0 aliphatic carbocycles. The monoisotopic (exact) mass is 395 g/mol. The van der Waals surface area contributed by atoms with E-state index < -0.39 is 33.0 Å². The standard InChI is InChI=1S/C19H16F3NO3S/c1-10-6-11(2)8-12(7-10)19-16(14(9-20)26-23-19)13-4-5-15(27(3,24)25)18(22)17(13)21/h4-8H,9H2,1-3H3. The maximum Gasteiger partial charge on any atom is 0.178 e. The van der Waals surface area contributed by atoms with Gasteiger partial charge < -0.3 is 4.52 Å². The molecule has 0 radical (unpaired) electrons. The van der Waals surface area contributed by atoms with E-state index in [0.717, 1.165) is 29.5 Å². The lowest BCUT2D eigenvalue weighted by Crippen LogP contribution is -2.04. The van der Waals surface area contributed by atoms with Crippen molar-refractivity contribution in [2.45, 2.75) is 25.4 Å². The van der Waals surface area contributed by atoms with Crippen LogP contribution in [0.5, 0.6) is 0 Å².